The molecule has 1 aliphatic rings. The van der Waals surface area contributed by atoms with E-state index in [4.69, 9.17) is 4.74 Å². The molecule has 2 atom stereocenters. The van der Waals surface area contributed by atoms with Crippen LogP contribution in [0, 0.1) is 5.92 Å². The molecule has 0 radical (unpaired) electrons. The monoisotopic (exact) mass is 412 g/mol. The summed E-state index contributed by atoms with van der Waals surface area (Å²) in [6, 6.07) is 8.92. The Kier molecular flexibility index (Phi) is 6.20. The summed E-state index contributed by atoms with van der Waals surface area (Å²) in [5.74, 6) is -4.83. The SMILES string of the molecule is CC(C)C[C@](C)(NC(=O)C(F)(F)F)C(=O)C1=N[C@@](C)(Cc2ccccc2)C(=O)O1. The second-order valence-electron chi connectivity index (χ2n) is 7.95. The summed E-state index contributed by atoms with van der Waals surface area (Å²) in [6.45, 7) is 6.03. The lowest BCUT2D eigenvalue weighted by Crippen LogP contribution is -2.58. The number of amides is 1. The zero-order valence-corrected chi connectivity index (χ0v) is 16.6. The molecule has 1 N–H and O–H groups in total. The van der Waals surface area contributed by atoms with E-state index in [2.05, 4.69) is 4.99 Å². The highest BCUT2D eigenvalue weighted by molar-refractivity contribution is 6.43. The molecular formula is C20H23F3N2O4. The average Bonchev–Trinajstić information content (AvgIpc) is 2.88. The molecule has 0 saturated heterocycles. The number of Topliss-reactive ketones (excluding diaryl/α,β-unsaturated/α-hetero) is 1. The van der Waals surface area contributed by atoms with Crippen molar-refractivity contribution in [2.24, 2.45) is 10.9 Å². The summed E-state index contributed by atoms with van der Waals surface area (Å²) in [7, 11) is 0. The number of aliphatic imine (C=N–C) groups is 1. The Morgan fingerprint density at radius 3 is 2.31 bits per heavy atom. The number of cyclic esters (lactones) is 1. The molecule has 0 unspecified atom stereocenters. The molecule has 0 spiro atoms. The zero-order valence-electron chi connectivity index (χ0n) is 16.6. The van der Waals surface area contributed by atoms with Crippen molar-refractivity contribution in [3.05, 3.63) is 35.9 Å². The first-order valence-electron chi connectivity index (χ1n) is 9.07. The number of hydrogen-bond donors (Lipinski definition) is 1. The van der Waals surface area contributed by atoms with Gasteiger partial charge >= 0.3 is 18.1 Å². The van der Waals surface area contributed by atoms with Gasteiger partial charge in [0, 0.05) is 6.42 Å². The van der Waals surface area contributed by atoms with Gasteiger partial charge in [0.2, 0.25) is 5.78 Å². The van der Waals surface area contributed by atoms with Gasteiger partial charge in [0.25, 0.3) is 5.90 Å². The number of nitrogens with one attached hydrogen (secondary N) is 1. The summed E-state index contributed by atoms with van der Waals surface area (Å²) >= 11 is 0. The van der Waals surface area contributed by atoms with Gasteiger partial charge in [0.15, 0.2) is 5.54 Å². The van der Waals surface area contributed by atoms with Crippen molar-refractivity contribution in [3.63, 3.8) is 0 Å². The van der Waals surface area contributed by atoms with Gasteiger partial charge in [-0.15, -0.1) is 0 Å². The minimum absolute atomic E-state index is 0.0976. The van der Waals surface area contributed by atoms with Crippen LogP contribution in [0.5, 0.6) is 0 Å². The van der Waals surface area contributed by atoms with Crippen LogP contribution < -0.4 is 5.32 Å². The number of hydrogen-bond acceptors (Lipinski definition) is 5. The number of rotatable bonds is 7. The second kappa shape index (κ2) is 7.96. The summed E-state index contributed by atoms with van der Waals surface area (Å²) in [5, 5.41) is 1.75. The van der Waals surface area contributed by atoms with Gasteiger partial charge in [0.1, 0.15) is 5.54 Å². The summed E-state index contributed by atoms with van der Waals surface area (Å²) in [6.07, 6.45) is -5.10. The summed E-state index contributed by atoms with van der Waals surface area (Å²) in [5.41, 5.74) is -2.54. The molecule has 158 valence electrons. The van der Waals surface area contributed by atoms with E-state index in [0.717, 1.165) is 5.56 Å². The Hall–Kier alpha value is -2.71. The molecule has 1 heterocycles. The minimum Gasteiger partial charge on any atom is -0.402 e. The summed E-state index contributed by atoms with van der Waals surface area (Å²) < 4.78 is 43.3. The number of ether oxygens (including phenoxy) is 1. The quantitative estimate of drug-likeness (QED) is 0.698. The number of carbonyl (C=O) groups is 3. The standard InChI is InChI=1S/C20H23F3N2O4/c1-12(2)10-18(3,25-16(27)20(21,22)23)14(26)15-24-19(4,17(28)29-15)11-13-8-6-5-7-9-13/h5-9,12H,10-11H2,1-4H3,(H,25,27)/t18-,19-/m0/s1. The van der Waals surface area contributed by atoms with Crippen molar-refractivity contribution in [2.45, 2.75) is 57.8 Å². The van der Waals surface area contributed by atoms with E-state index in [1.54, 1.807) is 49.5 Å². The van der Waals surface area contributed by atoms with Crippen LogP contribution in [-0.4, -0.2) is 40.8 Å². The predicted molar refractivity (Wildman–Crippen MR) is 99.1 cm³/mol. The third kappa shape index (κ3) is 5.21. The lowest BCUT2D eigenvalue weighted by molar-refractivity contribution is -0.176. The number of esters is 1. The van der Waals surface area contributed by atoms with Crippen LogP contribution in [0.1, 0.15) is 39.7 Å². The molecule has 1 aromatic carbocycles. The van der Waals surface area contributed by atoms with Crippen molar-refractivity contribution in [1.82, 2.24) is 5.32 Å². The Morgan fingerprint density at radius 2 is 1.79 bits per heavy atom. The maximum atomic E-state index is 13.0. The highest BCUT2D eigenvalue weighted by Gasteiger charge is 2.50. The third-order valence-corrected chi connectivity index (χ3v) is 4.53. The highest BCUT2D eigenvalue weighted by atomic mass is 19.4. The van der Waals surface area contributed by atoms with Gasteiger partial charge in [-0.05, 0) is 31.7 Å². The van der Waals surface area contributed by atoms with E-state index in [9.17, 15) is 27.6 Å². The molecule has 0 fully saturated rings. The molecule has 2 rings (SSSR count). The minimum atomic E-state index is -5.16. The van der Waals surface area contributed by atoms with E-state index >= 15 is 0 Å². The molecule has 6 nitrogen and oxygen atoms in total. The van der Waals surface area contributed by atoms with Crippen LogP contribution in [0.15, 0.2) is 35.3 Å². The number of carbonyl (C=O) groups excluding carboxylic acids is 3. The fourth-order valence-electron chi connectivity index (χ4n) is 3.27. The maximum Gasteiger partial charge on any atom is 0.471 e. The molecule has 1 aliphatic heterocycles. The van der Waals surface area contributed by atoms with Gasteiger partial charge in [-0.1, -0.05) is 44.2 Å². The smallest absolute Gasteiger partial charge is 0.402 e. The van der Waals surface area contributed by atoms with Crippen LogP contribution in [0.25, 0.3) is 0 Å². The van der Waals surface area contributed by atoms with Gasteiger partial charge in [-0.25, -0.2) is 9.79 Å². The number of alkyl halides is 3. The third-order valence-electron chi connectivity index (χ3n) is 4.53. The Balaban J connectivity index is 2.33. The second-order valence-corrected chi connectivity index (χ2v) is 7.95. The lowest BCUT2D eigenvalue weighted by atomic mass is 9.86. The maximum absolute atomic E-state index is 13.0. The fourth-order valence-corrected chi connectivity index (χ4v) is 3.27. The van der Waals surface area contributed by atoms with Crippen LogP contribution in [0.2, 0.25) is 0 Å². The van der Waals surface area contributed by atoms with Gasteiger partial charge in [0.05, 0.1) is 0 Å². The van der Waals surface area contributed by atoms with Crippen LogP contribution >= 0.6 is 0 Å². The normalized spacial score (nSPS) is 21.4. The molecule has 29 heavy (non-hydrogen) atoms. The number of halogens is 3. The zero-order chi connectivity index (χ0) is 22.0. The van der Waals surface area contributed by atoms with Crippen molar-refractivity contribution < 1.29 is 32.3 Å². The molecule has 0 saturated carbocycles. The summed E-state index contributed by atoms with van der Waals surface area (Å²) in [4.78, 5) is 40.9. The van der Waals surface area contributed by atoms with Crippen LogP contribution in [0.4, 0.5) is 13.2 Å². The number of benzene rings is 1. The first-order chi connectivity index (χ1) is 13.3. The first-order valence-corrected chi connectivity index (χ1v) is 9.07. The molecule has 0 aromatic heterocycles. The van der Waals surface area contributed by atoms with Crippen molar-refractivity contribution in [2.75, 3.05) is 0 Å². The number of nitrogens with zero attached hydrogens (tertiary/aromatic N) is 1. The lowest BCUT2D eigenvalue weighted by Gasteiger charge is -2.30. The van der Waals surface area contributed by atoms with Crippen LogP contribution in [0.3, 0.4) is 0 Å². The fraction of sp³-hybridized carbons (Fsp3) is 0.500. The number of ketones is 1. The van der Waals surface area contributed by atoms with Gasteiger partial charge in [-0.2, -0.15) is 13.2 Å². The molecule has 0 bridgehead atoms. The molecule has 1 amide bonds. The van der Waals surface area contributed by atoms with E-state index in [-0.39, 0.29) is 18.8 Å². The molecule has 9 heteroatoms. The Labute approximate surface area is 166 Å². The predicted octanol–water partition coefficient (Wildman–Crippen LogP) is 3.00. The first kappa shape index (κ1) is 22.6. The van der Waals surface area contributed by atoms with Crippen molar-refractivity contribution in [1.29, 1.82) is 0 Å². The average molecular weight is 412 g/mol. The molecule has 1 aromatic rings. The van der Waals surface area contributed by atoms with E-state index in [0.29, 0.717) is 0 Å². The van der Waals surface area contributed by atoms with Crippen LogP contribution in [-0.2, 0) is 25.5 Å². The highest BCUT2D eigenvalue weighted by Crippen LogP contribution is 2.29. The van der Waals surface area contributed by atoms with Crippen molar-refractivity contribution in [3.8, 4) is 0 Å². The topological polar surface area (TPSA) is 84.8 Å². The van der Waals surface area contributed by atoms with Gasteiger partial charge < -0.3 is 10.1 Å². The van der Waals surface area contributed by atoms with Crippen molar-refractivity contribution >= 4 is 23.6 Å². The van der Waals surface area contributed by atoms with E-state index in [1.165, 1.54) is 13.8 Å². The Bertz CT molecular complexity index is 836. The van der Waals surface area contributed by atoms with E-state index < -0.39 is 40.8 Å². The molecular weight excluding hydrogens is 389 g/mol. The van der Waals surface area contributed by atoms with E-state index in [1.807, 2.05) is 0 Å². The molecule has 0 aliphatic carbocycles. The van der Waals surface area contributed by atoms with Gasteiger partial charge in [-0.3, -0.25) is 9.59 Å². The largest absolute Gasteiger partial charge is 0.471 e. The Morgan fingerprint density at radius 1 is 1.21 bits per heavy atom.